The van der Waals surface area contributed by atoms with Crippen LogP contribution in [0.2, 0.25) is 0 Å². The molecule has 0 fully saturated rings. The zero-order valence-electron chi connectivity index (χ0n) is 11.6. The number of carboxylic acid groups (broad SMARTS) is 1. The van der Waals surface area contributed by atoms with Gasteiger partial charge in [0.15, 0.2) is 5.82 Å². The van der Waals surface area contributed by atoms with Gasteiger partial charge in [-0.15, -0.1) is 0 Å². The quantitative estimate of drug-likeness (QED) is 0.923. The normalized spacial score (nSPS) is 16.6. The lowest BCUT2D eigenvalue weighted by Gasteiger charge is -2.23. The number of hydrogen-bond acceptors (Lipinski definition) is 4. The predicted molar refractivity (Wildman–Crippen MR) is 78.2 cm³/mol. The molecule has 0 unspecified atom stereocenters. The van der Waals surface area contributed by atoms with Crippen LogP contribution in [-0.2, 0) is 17.8 Å². The van der Waals surface area contributed by atoms with Crippen molar-refractivity contribution in [2.75, 3.05) is 11.6 Å². The number of aryl methyl sites for hydroxylation is 1. The molecule has 0 saturated heterocycles. The Morgan fingerprint density at radius 3 is 2.82 bits per heavy atom. The van der Waals surface area contributed by atoms with E-state index in [0.717, 1.165) is 15.9 Å². The van der Waals surface area contributed by atoms with Crippen LogP contribution in [-0.4, -0.2) is 33.6 Å². The second kappa shape index (κ2) is 5.59. The molecule has 1 atom stereocenters. The fourth-order valence-corrected chi connectivity index (χ4v) is 2.67. The average molecular weight is 303 g/mol. The van der Waals surface area contributed by atoms with Crippen LogP contribution in [0.25, 0.3) is 0 Å². The van der Waals surface area contributed by atoms with Crippen molar-refractivity contribution in [1.29, 1.82) is 0 Å². The van der Waals surface area contributed by atoms with Crippen LogP contribution in [0, 0.1) is 0 Å². The number of aromatic nitrogens is 2. The van der Waals surface area contributed by atoms with Gasteiger partial charge in [0.1, 0.15) is 12.7 Å². The lowest BCUT2D eigenvalue weighted by molar-refractivity contribution is -0.138. The highest BCUT2D eigenvalue weighted by molar-refractivity contribution is 5.86. The van der Waals surface area contributed by atoms with Gasteiger partial charge in [-0.25, -0.2) is 13.9 Å². The van der Waals surface area contributed by atoms with Crippen molar-refractivity contribution in [2.24, 2.45) is 0 Å². The first-order valence-corrected chi connectivity index (χ1v) is 6.86. The van der Waals surface area contributed by atoms with Gasteiger partial charge in [-0.05, 0) is 17.7 Å². The molecule has 0 radical (unpaired) electrons. The second-order valence-electron chi connectivity index (χ2n) is 5.00. The van der Waals surface area contributed by atoms with Gasteiger partial charge in [-0.1, -0.05) is 18.2 Å². The molecular formula is C15H14FN3O3. The Morgan fingerprint density at radius 2 is 2.09 bits per heavy atom. The Bertz CT molecular complexity index is 775. The van der Waals surface area contributed by atoms with Gasteiger partial charge in [0.05, 0.1) is 6.54 Å². The third-order valence-electron chi connectivity index (χ3n) is 3.66. The summed E-state index contributed by atoms with van der Waals surface area (Å²) in [5.74, 6) is -0.647. The number of benzene rings is 1. The molecule has 2 aromatic rings. The van der Waals surface area contributed by atoms with Crippen LogP contribution in [0.3, 0.4) is 0 Å². The zero-order chi connectivity index (χ0) is 15.7. The minimum atomic E-state index is -0.971. The summed E-state index contributed by atoms with van der Waals surface area (Å²) in [6, 6.07) is 9.29. The van der Waals surface area contributed by atoms with Crippen LogP contribution < -0.4 is 10.5 Å². The minimum absolute atomic E-state index is 0.153. The molecule has 7 heteroatoms. The first-order valence-electron chi connectivity index (χ1n) is 6.86. The molecule has 1 N–H and O–H groups in total. The SMILES string of the molecule is O=C(O)[C@@H]1Cc2ccccc2N1c1ccc(=O)n(CCF)n1. The molecule has 3 rings (SSSR count). The smallest absolute Gasteiger partial charge is 0.327 e. The minimum Gasteiger partial charge on any atom is -0.480 e. The molecule has 1 aromatic carbocycles. The molecule has 0 amide bonds. The molecular weight excluding hydrogens is 289 g/mol. The number of hydrogen-bond donors (Lipinski definition) is 1. The predicted octanol–water partition coefficient (Wildman–Crippen LogP) is 1.36. The van der Waals surface area contributed by atoms with Gasteiger partial charge >= 0.3 is 5.97 Å². The summed E-state index contributed by atoms with van der Waals surface area (Å²) in [6.07, 6.45) is 0.357. The van der Waals surface area contributed by atoms with Crippen LogP contribution >= 0.6 is 0 Å². The summed E-state index contributed by atoms with van der Waals surface area (Å²) < 4.78 is 13.5. The first-order chi connectivity index (χ1) is 10.6. The van der Waals surface area contributed by atoms with E-state index in [9.17, 15) is 19.1 Å². The van der Waals surface area contributed by atoms with Crippen molar-refractivity contribution < 1.29 is 14.3 Å². The summed E-state index contributed by atoms with van der Waals surface area (Å²) in [7, 11) is 0. The maximum absolute atomic E-state index is 12.5. The van der Waals surface area contributed by atoms with E-state index in [1.54, 1.807) is 4.90 Å². The van der Waals surface area contributed by atoms with Crippen molar-refractivity contribution in [3.8, 4) is 0 Å². The van der Waals surface area contributed by atoms with Gasteiger partial charge < -0.3 is 10.0 Å². The van der Waals surface area contributed by atoms with Crippen LogP contribution in [0.5, 0.6) is 0 Å². The summed E-state index contributed by atoms with van der Waals surface area (Å²) in [5.41, 5.74) is 1.23. The van der Waals surface area contributed by atoms with E-state index in [-0.39, 0.29) is 6.54 Å². The number of rotatable bonds is 4. The molecule has 1 aliphatic rings. The molecule has 0 saturated carbocycles. The third kappa shape index (κ3) is 2.34. The standard InChI is InChI=1S/C15H14FN3O3/c16-7-8-18-14(20)6-5-13(17-18)19-11-4-2-1-3-10(11)9-12(19)15(21)22/h1-6,12H,7-9H2,(H,21,22)/t12-/m0/s1. The largest absolute Gasteiger partial charge is 0.480 e. The summed E-state index contributed by atoms with van der Waals surface area (Å²) in [5, 5.41) is 13.5. The summed E-state index contributed by atoms with van der Waals surface area (Å²) in [4.78, 5) is 24.7. The zero-order valence-corrected chi connectivity index (χ0v) is 11.6. The van der Waals surface area contributed by atoms with Crippen molar-refractivity contribution >= 4 is 17.5 Å². The highest BCUT2D eigenvalue weighted by Gasteiger charge is 2.36. The Hall–Kier alpha value is -2.70. The van der Waals surface area contributed by atoms with Gasteiger partial charge in [-0.2, -0.15) is 5.10 Å². The summed E-state index contributed by atoms with van der Waals surface area (Å²) >= 11 is 0. The van der Waals surface area contributed by atoms with E-state index in [1.807, 2.05) is 24.3 Å². The molecule has 1 aliphatic heterocycles. The number of fused-ring (bicyclic) bond motifs is 1. The molecule has 0 aliphatic carbocycles. The van der Waals surface area contributed by atoms with E-state index in [4.69, 9.17) is 0 Å². The van der Waals surface area contributed by atoms with Crippen LogP contribution in [0.4, 0.5) is 15.9 Å². The maximum atomic E-state index is 12.5. The van der Waals surface area contributed by atoms with E-state index in [2.05, 4.69) is 5.10 Å². The number of halogens is 1. The van der Waals surface area contributed by atoms with Gasteiger partial charge in [0, 0.05) is 18.2 Å². The summed E-state index contributed by atoms with van der Waals surface area (Å²) in [6.45, 7) is -0.866. The molecule has 6 nitrogen and oxygen atoms in total. The molecule has 1 aromatic heterocycles. The Balaban J connectivity index is 2.10. The Labute approximate surface area is 125 Å². The number of para-hydroxylation sites is 1. The van der Waals surface area contributed by atoms with Crippen molar-refractivity contribution in [3.05, 3.63) is 52.3 Å². The van der Waals surface area contributed by atoms with Gasteiger partial charge in [0.2, 0.25) is 0 Å². The third-order valence-corrected chi connectivity index (χ3v) is 3.66. The monoisotopic (exact) mass is 303 g/mol. The molecule has 22 heavy (non-hydrogen) atoms. The molecule has 0 bridgehead atoms. The van der Waals surface area contributed by atoms with Crippen molar-refractivity contribution in [2.45, 2.75) is 19.0 Å². The van der Waals surface area contributed by atoms with Crippen molar-refractivity contribution in [3.63, 3.8) is 0 Å². The maximum Gasteiger partial charge on any atom is 0.327 e. The van der Waals surface area contributed by atoms with E-state index in [1.165, 1.54) is 12.1 Å². The van der Waals surface area contributed by atoms with Gasteiger partial charge in [-0.3, -0.25) is 4.79 Å². The van der Waals surface area contributed by atoms with E-state index >= 15 is 0 Å². The van der Waals surface area contributed by atoms with Crippen LogP contribution in [0.1, 0.15) is 5.56 Å². The molecule has 2 heterocycles. The number of nitrogens with zero attached hydrogens (tertiary/aromatic N) is 3. The number of aliphatic carboxylic acids is 1. The number of anilines is 2. The lowest BCUT2D eigenvalue weighted by atomic mass is 10.1. The number of carbonyl (C=O) groups is 1. The van der Waals surface area contributed by atoms with Crippen molar-refractivity contribution in [1.82, 2.24) is 9.78 Å². The average Bonchev–Trinajstić information content (AvgIpc) is 2.89. The highest BCUT2D eigenvalue weighted by Crippen LogP contribution is 2.36. The van der Waals surface area contributed by atoms with Gasteiger partial charge in [0.25, 0.3) is 5.56 Å². The van der Waals surface area contributed by atoms with Crippen LogP contribution in [0.15, 0.2) is 41.2 Å². The molecule has 0 spiro atoms. The Morgan fingerprint density at radius 1 is 1.32 bits per heavy atom. The Kier molecular flexibility index (Phi) is 3.62. The lowest BCUT2D eigenvalue weighted by Crippen LogP contribution is -2.37. The first kappa shape index (κ1) is 14.2. The molecule has 114 valence electrons. The topological polar surface area (TPSA) is 75.4 Å². The number of carboxylic acids is 1. The second-order valence-corrected chi connectivity index (χ2v) is 5.00. The fraction of sp³-hybridized carbons (Fsp3) is 0.267. The van der Waals surface area contributed by atoms with E-state index in [0.29, 0.717) is 12.2 Å². The number of alkyl halides is 1. The van der Waals surface area contributed by atoms with E-state index < -0.39 is 24.2 Å². The highest BCUT2D eigenvalue weighted by atomic mass is 19.1. The fourth-order valence-electron chi connectivity index (χ4n) is 2.67.